The number of benzene rings is 1. The van der Waals surface area contributed by atoms with Crippen LogP contribution in [0.5, 0.6) is 0 Å². The van der Waals surface area contributed by atoms with E-state index in [1.807, 2.05) is 16.7 Å². The second-order valence-electron chi connectivity index (χ2n) is 6.16. The lowest BCUT2D eigenvalue weighted by Gasteiger charge is -2.16. The Balaban J connectivity index is 1.89. The molecule has 0 spiro atoms. The number of fused-ring (bicyclic) bond motifs is 2. The molecule has 23 heavy (non-hydrogen) atoms. The van der Waals surface area contributed by atoms with E-state index in [9.17, 15) is 9.90 Å². The molecule has 2 heterocycles. The predicted molar refractivity (Wildman–Crippen MR) is 91.2 cm³/mol. The number of imidazole rings is 1. The lowest BCUT2D eigenvalue weighted by molar-refractivity contribution is -0.136. The van der Waals surface area contributed by atoms with Crippen molar-refractivity contribution in [3.63, 3.8) is 0 Å². The van der Waals surface area contributed by atoms with Gasteiger partial charge in [-0.25, -0.2) is 4.98 Å². The molecule has 0 aliphatic heterocycles. The Bertz CT molecular complexity index is 907. The molecule has 2 aromatic heterocycles. The average Bonchev–Trinajstić information content (AvgIpc) is 3.07. The smallest absolute Gasteiger partial charge is 0.309 e. The van der Waals surface area contributed by atoms with Crippen LogP contribution in [0.15, 0.2) is 23.6 Å². The van der Waals surface area contributed by atoms with Gasteiger partial charge in [-0.15, -0.1) is 11.3 Å². The van der Waals surface area contributed by atoms with E-state index in [1.165, 1.54) is 24.0 Å². The van der Waals surface area contributed by atoms with Crippen LogP contribution in [0.25, 0.3) is 16.2 Å². The van der Waals surface area contributed by atoms with Crippen molar-refractivity contribution in [2.75, 3.05) is 0 Å². The van der Waals surface area contributed by atoms with E-state index in [2.05, 4.69) is 18.2 Å². The summed E-state index contributed by atoms with van der Waals surface area (Å²) in [5.74, 6) is -0.823. The number of aliphatic carboxylic acids is 1. The molecule has 1 aliphatic carbocycles. The number of nitrogens with zero attached hydrogens (tertiary/aromatic N) is 2. The van der Waals surface area contributed by atoms with E-state index in [0.29, 0.717) is 0 Å². The first-order chi connectivity index (χ1) is 11.1. The Labute approximate surface area is 138 Å². The van der Waals surface area contributed by atoms with Gasteiger partial charge in [-0.1, -0.05) is 12.1 Å². The van der Waals surface area contributed by atoms with Gasteiger partial charge >= 0.3 is 5.97 Å². The van der Waals surface area contributed by atoms with Crippen LogP contribution in [0.4, 0.5) is 0 Å². The highest BCUT2D eigenvalue weighted by Crippen LogP contribution is 2.32. The average molecular weight is 326 g/mol. The number of thiazole rings is 1. The fraction of sp³-hybridized carbons (Fsp3) is 0.333. The Morgan fingerprint density at radius 1 is 1.30 bits per heavy atom. The first-order valence-electron chi connectivity index (χ1n) is 7.93. The molecule has 0 atom stereocenters. The molecule has 1 N–H and O–H groups in total. The lowest BCUT2D eigenvalue weighted by atomic mass is 9.89. The molecule has 1 aliphatic rings. The molecule has 0 saturated carbocycles. The Morgan fingerprint density at radius 3 is 2.87 bits per heavy atom. The number of rotatable bonds is 3. The Kier molecular flexibility index (Phi) is 3.45. The standard InChI is InChI=1S/C18H18N2O2S/c1-11-10-23-18-19-17(15(20(11)18)9-16(21)22)14-7-6-12-4-2-3-5-13(12)8-14/h6-8,10H,2-5,9H2,1H3,(H,21,22). The van der Waals surface area contributed by atoms with Gasteiger partial charge in [-0.05, 0) is 49.8 Å². The Morgan fingerprint density at radius 2 is 2.09 bits per heavy atom. The third kappa shape index (κ3) is 2.45. The fourth-order valence-electron chi connectivity index (χ4n) is 3.48. The molecule has 5 heteroatoms. The highest BCUT2D eigenvalue weighted by molar-refractivity contribution is 7.15. The summed E-state index contributed by atoms with van der Waals surface area (Å²) in [5.41, 5.74) is 6.49. The highest BCUT2D eigenvalue weighted by Gasteiger charge is 2.20. The topological polar surface area (TPSA) is 54.6 Å². The van der Waals surface area contributed by atoms with E-state index >= 15 is 0 Å². The molecule has 1 aromatic carbocycles. The van der Waals surface area contributed by atoms with Gasteiger partial charge in [-0.2, -0.15) is 0 Å². The number of carboxylic acids is 1. The quantitative estimate of drug-likeness (QED) is 0.795. The summed E-state index contributed by atoms with van der Waals surface area (Å²) in [6.07, 6.45) is 4.74. The summed E-state index contributed by atoms with van der Waals surface area (Å²) >= 11 is 1.56. The number of hydrogen-bond donors (Lipinski definition) is 1. The van der Waals surface area contributed by atoms with Crippen LogP contribution >= 0.6 is 11.3 Å². The molecule has 0 radical (unpaired) electrons. The molecule has 0 fully saturated rings. The molecule has 3 aromatic rings. The lowest BCUT2D eigenvalue weighted by Crippen LogP contribution is -2.06. The van der Waals surface area contributed by atoms with Crippen molar-refractivity contribution in [2.24, 2.45) is 0 Å². The van der Waals surface area contributed by atoms with Gasteiger partial charge < -0.3 is 5.11 Å². The minimum Gasteiger partial charge on any atom is -0.481 e. The molecule has 0 saturated heterocycles. The van der Waals surface area contributed by atoms with Gasteiger partial charge in [0.2, 0.25) is 0 Å². The molecule has 0 amide bonds. The summed E-state index contributed by atoms with van der Waals surface area (Å²) in [7, 11) is 0. The summed E-state index contributed by atoms with van der Waals surface area (Å²) in [4.78, 5) is 16.9. The molecule has 4 rings (SSSR count). The first kappa shape index (κ1) is 14.5. The van der Waals surface area contributed by atoms with E-state index < -0.39 is 5.97 Å². The zero-order valence-electron chi connectivity index (χ0n) is 13.0. The second-order valence-corrected chi connectivity index (χ2v) is 7.00. The number of aromatic nitrogens is 2. The minimum atomic E-state index is -0.823. The van der Waals surface area contributed by atoms with Crippen LogP contribution in [0.2, 0.25) is 0 Å². The minimum absolute atomic E-state index is 0.00877. The van der Waals surface area contributed by atoms with Crippen molar-refractivity contribution >= 4 is 22.3 Å². The van der Waals surface area contributed by atoms with Gasteiger partial charge in [0, 0.05) is 16.6 Å². The van der Waals surface area contributed by atoms with Gasteiger partial charge in [0.1, 0.15) is 0 Å². The van der Waals surface area contributed by atoms with Crippen molar-refractivity contribution in [2.45, 2.75) is 39.0 Å². The number of carboxylic acid groups (broad SMARTS) is 1. The second kappa shape index (κ2) is 5.49. The fourth-order valence-corrected chi connectivity index (χ4v) is 4.37. The molecular formula is C18H18N2O2S. The zero-order valence-corrected chi connectivity index (χ0v) is 13.8. The van der Waals surface area contributed by atoms with E-state index in [0.717, 1.165) is 40.4 Å². The van der Waals surface area contributed by atoms with Crippen molar-refractivity contribution < 1.29 is 9.90 Å². The monoisotopic (exact) mass is 326 g/mol. The summed E-state index contributed by atoms with van der Waals surface area (Å²) < 4.78 is 1.98. The van der Waals surface area contributed by atoms with E-state index in [1.54, 1.807) is 11.3 Å². The van der Waals surface area contributed by atoms with Crippen molar-refractivity contribution in [3.8, 4) is 11.3 Å². The molecule has 0 bridgehead atoms. The van der Waals surface area contributed by atoms with Crippen LogP contribution < -0.4 is 0 Å². The molecule has 118 valence electrons. The summed E-state index contributed by atoms with van der Waals surface area (Å²) in [6, 6.07) is 6.49. The first-order valence-corrected chi connectivity index (χ1v) is 8.81. The maximum absolute atomic E-state index is 11.3. The Hall–Kier alpha value is -2.14. The van der Waals surface area contributed by atoms with E-state index in [-0.39, 0.29) is 6.42 Å². The van der Waals surface area contributed by atoms with Crippen LogP contribution in [0, 0.1) is 6.92 Å². The maximum Gasteiger partial charge on any atom is 0.309 e. The number of hydrogen-bond acceptors (Lipinski definition) is 3. The summed E-state index contributed by atoms with van der Waals surface area (Å²) in [5, 5.41) is 11.3. The van der Waals surface area contributed by atoms with Gasteiger partial charge in [0.15, 0.2) is 4.96 Å². The van der Waals surface area contributed by atoms with Crippen LogP contribution in [-0.2, 0) is 24.1 Å². The van der Waals surface area contributed by atoms with Gasteiger partial charge in [0.05, 0.1) is 17.8 Å². The molecule has 4 nitrogen and oxygen atoms in total. The predicted octanol–water partition coefficient (Wildman–Crippen LogP) is 3.88. The van der Waals surface area contributed by atoms with Gasteiger partial charge in [0.25, 0.3) is 0 Å². The number of aryl methyl sites for hydroxylation is 3. The highest BCUT2D eigenvalue weighted by atomic mass is 32.1. The summed E-state index contributed by atoms with van der Waals surface area (Å²) in [6.45, 7) is 1.99. The molecule has 0 unspecified atom stereocenters. The van der Waals surface area contributed by atoms with Crippen molar-refractivity contribution in [3.05, 3.63) is 46.1 Å². The van der Waals surface area contributed by atoms with E-state index in [4.69, 9.17) is 4.98 Å². The maximum atomic E-state index is 11.3. The van der Waals surface area contributed by atoms with Crippen LogP contribution in [0.1, 0.15) is 35.4 Å². The SMILES string of the molecule is Cc1csc2nc(-c3ccc4c(c3)CCCC4)c(CC(=O)O)n12. The van der Waals surface area contributed by atoms with Crippen LogP contribution in [0.3, 0.4) is 0 Å². The van der Waals surface area contributed by atoms with Gasteiger partial charge in [-0.3, -0.25) is 9.20 Å². The largest absolute Gasteiger partial charge is 0.481 e. The third-order valence-corrected chi connectivity index (χ3v) is 5.51. The number of carbonyl (C=O) groups is 1. The third-order valence-electron chi connectivity index (χ3n) is 4.57. The molecular weight excluding hydrogens is 308 g/mol. The van der Waals surface area contributed by atoms with Crippen LogP contribution in [-0.4, -0.2) is 20.5 Å². The normalized spacial score (nSPS) is 14.1. The van der Waals surface area contributed by atoms with Crippen molar-refractivity contribution in [1.29, 1.82) is 0 Å². The van der Waals surface area contributed by atoms with Crippen molar-refractivity contribution in [1.82, 2.24) is 9.38 Å². The zero-order chi connectivity index (χ0) is 16.0.